The molecule has 0 amide bonds. The first-order chi connectivity index (χ1) is 38.5. The van der Waals surface area contributed by atoms with Crippen LogP contribution >= 0.6 is 0 Å². The molecule has 0 aromatic heterocycles. The van der Waals surface area contributed by atoms with Crippen LogP contribution in [0.5, 0.6) is 0 Å². The molecule has 1 atom stereocenters. The van der Waals surface area contributed by atoms with E-state index in [1.165, 1.54) is 154 Å². The van der Waals surface area contributed by atoms with E-state index < -0.39 is 6.10 Å². The lowest BCUT2D eigenvalue weighted by atomic mass is 10.0. The summed E-state index contributed by atoms with van der Waals surface area (Å²) in [6.45, 7) is 6.54. The van der Waals surface area contributed by atoms with Crippen LogP contribution in [0, 0.1) is 0 Å². The molecular formula is C72H124O6. The van der Waals surface area contributed by atoms with Gasteiger partial charge in [-0.05, 0) is 103 Å². The summed E-state index contributed by atoms with van der Waals surface area (Å²) < 4.78 is 16.9. The molecule has 0 rings (SSSR count). The largest absolute Gasteiger partial charge is 0.462 e. The summed E-state index contributed by atoms with van der Waals surface area (Å²) in [4.78, 5) is 38.4. The fourth-order valence-electron chi connectivity index (χ4n) is 9.36. The Kier molecular flexibility index (Phi) is 62.7. The van der Waals surface area contributed by atoms with Crippen molar-refractivity contribution < 1.29 is 28.6 Å². The summed E-state index contributed by atoms with van der Waals surface area (Å²) in [5, 5.41) is 0. The van der Waals surface area contributed by atoms with Crippen LogP contribution in [-0.4, -0.2) is 37.2 Å². The maximum Gasteiger partial charge on any atom is 0.306 e. The minimum atomic E-state index is -0.789. The fraction of sp³-hybridized carbons (Fsp3) is 0.736. The van der Waals surface area contributed by atoms with Gasteiger partial charge >= 0.3 is 17.9 Å². The molecule has 6 nitrogen and oxygen atoms in total. The van der Waals surface area contributed by atoms with E-state index in [0.717, 1.165) is 128 Å². The third-order valence-corrected chi connectivity index (χ3v) is 14.3. The molecule has 6 heteroatoms. The first-order valence-electron chi connectivity index (χ1n) is 33.2. The van der Waals surface area contributed by atoms with Crippen molar-refractivity contribution >= 4 is 17.9 Å². The second-order valence-corrected chi connectivity index (χ2v) is 22.0. The molecule has 0 aliphatic rings. The van der Waals surface area contributed by atoms with Gasteiger partial charge in [-0.3, -0.25) is 14.4 Å². The number of esters is 3. The standard InChI is InChI=1S/C72H124O6/c1-4-7-10-13-16-19-22-25-28-30-32-33-34-35-36-37-38-39-40-42-44-47-50-53-56-59-62-65-71(74)77-68-69(67-76-70(73)64-61-58-55-52-49-46-43-27-24-21-18-15-12-9-6-3)78-72(75)66-63-60-57-54-51-48-45-41-31-29-26-23-20-17-14-11-8-5-2/h7,10,16,19,25,27-28,32-33,35-36,38-39,42-44,69H,4-6,8-9,11-15,17-18,20-24,26,29-31,34,37,40-41,45-68H2,1-3H3/b10-7-,19-16-,28-25-,33-32-,36-35-,39-38-,43-27-,44-42-. The van der Waals surface area contributed by atoms with Crippen molar-refractivity contribution in [2.24, 2.45) is 0 Å². The van der Waals surface area contributed by atoms with E-state index in [1.807, 2.05) is 0 Å². The third kappa shape index (κ3) is 63.2. The lowest BCUT2D eigenvalue weighted by molar-refractivity contribution is -0.167. The van der Waals surface area contributed by atoms with Gasteiger partial charge in [-0.25, -0.2) is 0 Å². The molecular weight excluding hydrogens is 961 g/mol. The van der Waals surface area contributed by atoms with Crippen LogP contribution in [0.1, 0.15) is 323 Å². The molecule has 0 aromatic rings. The van der Waals surface area contributed by atoms with Gasteiger partial charge < -0.3 is 14.2 Å². The Labute approximate surface area is 483 Å². The van der Waals surface area contributed by atoms with Crippen LogP contribution in [0.15, 0.2) is 97.2 Å². The van der Waals surface area contributed by atoms with E-state index in [0.29, 0.717) is 19.3 Å². The van der Waals surface area contributed by atoms with Crippen molar-refractivity contribution in [2.45, 2.75) is 329 Å². The zero-order chi connectivity index (χ0) is 56.4. The van der Waals surface area contributed by atoms with E-state index in [4.69, 9.17) is 14.2 Å². The molecule has 0 bridgehead atoms. The monoisotopic (exact) mass is 1080 g/mol. The predicted molar refractivity (Wildman–Crippen MR) is 339 cm³/mol. The Bertz CT molecular complexity index is 1530. The van der Waals surface area contributed by atoms with Gasteiger partial charge in [0.15, 0.2) is 6.10 Å². The minimum Gasteiger partial charge on any atom is -0.462 e. The zero-order valence-electron chi connectivity index (χ0n) is 51.4. The molecule has 0 aromatic carbocycles. The van der Waals surface area contributed by atoms with Gasteiger partial charge in [-0.2, -0.15) is 0 Å². The van der Waals surface area contributed by atoms with Crippen LogP contribution in [0.3, 0.4) is 0 Å². The van der Waals surface area contributed by atoms with Crippen LogP contribution < -0.4 is 0 Å². The van der Waals surface area contributed by atoms with Crippen LogP contribution in [0.4, 0.5) is 0 Å². The van der Waals surface area contributed by atoms with Crippen molar-refractivity contribution in [1.29, 1.82) is 0 Å². The normalized spacial score (nSPS) is 12.7. The highest BCUT2D eigenvalue weighted by molar-refractivity contribution is 5.71. The van der Waals surface area contributed by atoms with Gasteiger partial charge in [0.1, 0.15) is 13.2 Å². The van der Waals surface area contributed by atoms with Crippen LogP contribution in [0.2, 0.25) is 0 Å². The summed E-state index contributed by atoms with van der Waals surface area (Å²) in [7, 11) is 0. The number of ether oxygens (including phenoxy) is 3. The van der Waals surface area contributed by atoms with Gasteiger partial charge in [0.25, 0.3) is 0 Å². The van der Waals surface area contributed by atoms with E-state index in [1.54, 1.807) is 0 Å². The Morgan fingerprint density at radius 1 is 0.269 bits per heavy atom. The summed E-state index contributed by atoms with van der Waals surface area (Å²) >= 11 is 0. The quantitative estimate of drug-likeness (QED) is 0.0261. The molecule has 0 aliphatic heterocycles. The average molecular weight is 1090 g/mol. The molecule has 0 heterocycles. The van der Waals surface area contributed by atoms with Crippen molar-refractivity contribution in [2.75, 3.05) is 13.2 Å². The molecule has 0 saturated heterocycles. The molecule has 448 valence electrons. The molecule has 0 radical (unpaired) electrons. The van der Waals surface area contributed by atoms with Crippen molar-refractivity contribution in [3.63, 3.8) is 0 Å². The van der Waals surface area contributed by atoms with Crippen molar-refractivity contribution in [1.82, 2.24) is 0 Å². The van der Waals surface area contributed by atoms with Crippen molar-refractivity contribution in [3.05, 3.63) is 97.2 Å². The number of rotatable bonds is 60. The highest BCUT2D eigenvalue weighted by Gasteiger charge is 2.19. The van der Waals surface area contributed by atoms with E-state index in [2.05, 4.69) is 118 Å². The first-order valence-corrected chi connectivity index (χ1v) is 33.2. The smallest absolute Gasteiger partial charge is 0.306 e. The van der Waals surface area contributed by atoms with Gasteiger partial charge in [-0.15, -0.1) is 0 Å². The Morgan fingerprint density at radius 3 is 0.795 bits per heavy atom. The second-order valence-electron chi connectivity index (χ2n) is 22.0. The lowest BCUT2D eigenvalue weighted by Gasteiger charge is -2.18. The van der Waals surface area contributed by atoms with E-state index in [-0.39, 0.29) is 31.1 Å². The molecule has 0 aliphatic carbocycles. The lowest BCUT2D eigenvalue weighted by Crippen LogP contribution is -2.30. The summed E-state index contributed by atoms with van der Waals surface area (Å²) in [6.07, 6.45) is 88.4. The molecule has 0 spiro atoms. The first kappa shape index (κ1) is 74.3. The Hall–Kier alpha value is -3.67. The minimum absolute atomic E-state index is 0.0854. The highest BCUT2D eigenvalue weighted by atomic mass is 16.6. The molecule has 0 fully saturated rings. The number of carbonyl (C=O) groups excluding carboxylic acids is 3. The SMILES string of the molecule is CC/C=C\C/C=C\C/C=C\C/C=C\C/C=C\C/C=C\C/C=C\CCCCCCCC(=O)OCC(COC(=O)CCCCCCC/C=C\CCCCCCCC)OC(=O)CCCCCCCCCCCCCCCCCCCC. The maximum absolute atomic E-state index is 12.9. The molecule has 0 N–H and O–H groups in total. The van der Waals surface area contributed by atoms with E-state index >= 15 is 0 Å². The summed E-state index contributed by atoms with van der Waals surface area (Å²) in [6, 6.07) is 0. The number of hydrogen-bond donors (Lipinski definition) is 0. The van der Waals surface area contributed by atoms with Gasteiger partial charge in [0.2, 0.25) is 0 Å². The molecule has 0 saturated carbocycles. The fourth-order valence-corrected chi connectivity index (χ4v) is 9.36. The average Bonchev–Trinajstić information content (AvgIpc) is 3.44. The van der Waals surface area contributed by atoms with Crippen molar-refractivity contribution in [3.8, 4) is 0 Å². The van der Waals surface area contributed by atoms with Gasteiger partial charge in [0, 0.05) is 19.3 Å². The Morgan fingerprint density at radius 2 is 0.500 bits per heavy atom. The van der Waals surface area contributed by atoms with Gasteiger partial charge in [0.05, 0.1) is 0 Å². The Balaban J connectivity index is 4.38. The number of unbranched alkanes of at least 4 members (excludes halogenated alkanes) is 33. The highest BCUT2D eigenvalue weighted by Crippen LogP contribution is 2.17. The third-order valence-electron chi connectivity index (χ3n) is 14.3. The number of allylic oxidation sites excluding steroid dienone is 16. The number of carbonyl (C=O) groups is 3. The molecule has 1 unspecified atom stereocenters. The second kappa shape index (κ2) is 65.8. The van der Waals surface area contributed by atoms with Gasteiger partial charge in [-0.1, -0.05) is 298 Å². The van der Waals surface area contributed by atoms with E-state index in [9.17, 15) is 14.4 Å². The number of hydrogen-bond acceptors (Lipinski definition) is 6. The summed E-state index contributed by atoms with van der Waals surface area (Å²) in [5.41, 5.74) is 0. The predicted octanol–water partition coefficient (Wildman–Crippen LogP) is 22.8. The topological polar surface area (TPSA) is 78.9 Å². The zero-order valence-corrected chi connectivity index (χ0v) is 51.4. The molecule has 78 heavy (non-hydrogen) atoms. The van der Waals surface area contributed by atoms with Crippen LogP contribution in [0.25, 0.3) is 0 Å². The maximum atomic E-state index is 12.9. The van der Waals surface area contributed by atoms with Crippen LogP contribution in [-0.2, 0) is 28.6 Å². The summed E-state index contributed by atoms with van der Waals surface area (Å²) in [5.74, 6) is -0.898.